The van der Waals surface area contributed by atoms with E-state index in [1.807, 2.05) is 55.5 Å². The summed E-state index contributed by atoms with van der Waals surface area (Å²) in [7, 11) is 0. The maximum Gasteiger partial charge on any atom is 0.323 e. The van der Waals surface area contributed by atoms with Gasteiger partial charge in [-0.3, -0.25) is 0 Å². The number of aromatic nitrogens is 3. The van der Waals surface area contributed by atoms with Crippen LogP contribution in [0.1, 0.15) is 30.9 Å². The molecule has 0 saturated heterocycles. The van der Waals surface area contributed by atoms with Crippen LogP contribution in [0.3, 0.4) is 0 Å². The lowest BCUT2D eigenvalue weighted by atomic mass is 10.1. The number of nitrogens with zero attached hydrogens (tertiary/aromatic N) is 3. The summed E-state index contributed by atoms with van der Waals surface area (Å²) in [5.41, 5.74) is 2.55. The molecule has 1 aliphatic carbocycles. The molecule has 0 aliphatic heterocycles. The second kappa shape index (κ2) is 9.31. The standard InChI is InChI=1S/C24H24ClF2N5O/c1-3-12-24(26,27)15-33-22-30-20(28-19-10-4-16(2)5-11-19)29-21(31-22)32-23(13-14-23)17-6-8-18(25)9-7-17/h3-12H,13-15H2,1-2H3,(H2,28,29,30,31,32). The first-order chi connectivity index (χ1) is 15.8. The summed E-state index contributed by atoms with van der Waals surface area (Å²) in [4.78, 5) is 12.9. The minimum Gasteiger partial charge on any atom is -0.457 e. The fourth-order valence-electron chi connectivity index (χ4n) is 3.35. The Morgan fingerprint density at radius 2 is 1.70 bits per heavy atom. The maximum atomic E-state index is 13.9. The number of alkyl halides is 2. The van der Waals surface area contributed by atoms with Crippen LogP contribution in [0.2, 0.25) is 5.02 Å². The molecule has 1 heterocycles. The molecule has 2 aromatic carbocycles. The highest BCUT2D eigenvalue weighted by molar-refractivity contribution is 6.30. The first-order valence-corrected chi connectivity index (χ1v) is 10.9. The van der Waals surface area contributed by atoms with Gasteiger partial charge in [-0.15, -0.1) is 0 Å². The van der Waals surface area contributed by atoms with E-state index < -0.39 is 12.5 Å². The first-order valence-electron chi connectivity index (χ1n) is 10.6. The van der Waals surface area contributed by atoms with E-state index in [2.05, 4.69) is 25.6 Å². The predicted octanol–water partition coefficient (Wildman–Crippen LogP) is 6.27. The lowest BCUT2D eigenvalue weighted by molar-refractivity contribution is 0.00189. The minimum atomic E-state index is -3.14. The normalized spacial score (nSPS) is 14.8. The smallest absolute Gasteiger partial charge is 0.323 e. The third kappa shape index (κ3) is 5.96. The number of halogens is 3. The number of hydrogen-bond donors (Lipinski definition) is 2. The van der Waals surface area contributed by atoms with Gasteiger partial charge in [0.25, 0.3) is 5.92 Å². The van der Waals surface area contributed by atoms with Gasteiger partial charge in [0, 0.05) is 10.7 Å². The SMILES string of the molecule is CC=CC(F)(F)COc1nc(Nc2ccc(C)cc2)nc(NC2(c3ccc(Cl)cc3)CC2)n1. The van der Waals surface area contributed by atoms with E-state index in [-0.39, 0.29) is 23.4 Å². The molecule has 33 heavy (non-hydrogen) atoms. The molecule has 1 aliphatic rings. The molecule has 1 aromatic heterocycles. The Kier molecular flexibility index (Phi) is 6.47. The predicted molar refractivity (Wildman–Crippen MR) is 126 cm³/mol. The number of hydrogen-bond acceptors (Lipinski definition) is 6. The van der Waals surface area contributed by atoms with Gasteiger partial charge in [-0.1, -0.05) is 47.5 Å². The van der Waals surface area contributed by atoms with Crippen molar-refractivity contribution in [3.8, 4) is 6.01 Å². The summed E-state index contributed by atoms with van der Waals surface area (Å²) in [5.74, 6) is -2.72. The van der Waals surface area contributed by atoms with Crippen LogP contribution in [0.4, 0.5) is 26.4 Å². The Morgan fingerprint density at radius 3 is 2.33 bits per heavy atom. The first kappa shape index (κ1) is 22.9. The summed E-state index contributed by atoms with van der Waals surface area (Å²) in [6, 6.07) is 15.0. The number of rotatable bonds is 9. The summed E-state index contributed by atoms with van der Waals surface area (Å²) < 4.78 is 33.1. The van der Waals surface area contributed by atoms with Crippen molar-refractivity contribution < 1.29 is 13.5 Å². The van der Waals surface area contributed by atoms with Crippen LogP contribution in [0.5, 0.6) is 6.01 Å². The van der Waals surface area contributed by atoms with Crippen molar-refractivity contribution in [2.75, 3.05) is 17.2 Å². The zero-order chi connectivity index (χ0) is 23.5. The van der Waals surface area contributed by atoms with Crippen LogP contribution >= 0.6 is 11.6 Å². The van der Waals surface area contributed by atoms with E-state index in [1.54, 1.807) is 0 Å². The van der Waals surface area contributed by atoms with Crippen LogP contribution < -0.4 is 15.4 Å². The number of allylic oxidation sites excluding steroid dienone is 1. The number of aryl methyl sites for hydroxylation is 1. The average molecular weight is 472 g/mol. The lowest BCUT2D eigenvalue weighted by Crippen LogP contribution is -2.25. The zero-order valence-electron chi connectivity index (χ0n) is 18.3. The maximum absolute atomic E-state index is 13.9. The molecule has 0 bridgehead atoms. The lowest BCUT2D eigenvalue weighted by Gasteiger charge is -2.19. The van der Waals surface area contributed by atoms with Crippen LogP contribution in [-0.2, 0) is 5.54 Å². The van der Waals surface area contributed by atoms with Gasteiger partial charge >= 0.3 is 6.01 Å². The van der Waals surface area contributed by atoms with Crippen molar-refractivity contribution in [2.24, 2.45) is 0 Å². The molecular weight excluding hydrogens is 448 g/mol. The summed E-state index contributed by atoms with van der Waals surface area (Å²) >= 11 is 6.02. The minimum absolute atomic E-state index is 0.188. The second-order valence-corrected chi connectivity index (χ2v) is 8.46. The van der Waals surface area contributed by atoms with Crippen molar-refractivity contribution in [3.05, 3.63) is 76.8 Å². The molecule has 6 nitrogen and oxygen atoms in total. The summed E-state index contributed by atoms with van der Waals surface area (Å²) in [5, 5.41) is 7.07. The number of benzene rings is 2. The van der Waals surface area contributed by atoms with Crippen LogP contribution in [0.25, 0.3) is 0 Å². The molecule has 0 unspecified atom stereocenters. The van der Waals surface area contributed by atoms with E-state index in [1.165, 1.54) is 13.0 Å². The van der Waals surface area contributed by atoms with E-state index in [9.17, 15) is 8.78 Å². The molecule has 1 fully saturated rings. The Hall–Kier alpha value is -3.26. The Bertz CT molecular complexity index is 1130. The Labute approximate surface area is 196 Å². The molecule has 0 spiro atoms. The van der Waals surface area contributed by atoms with E-state index in [4.69, 9.17) is 16.3 Å². The van der Waals surface area contributed by atoms with Crippen molar-refractivity contribution in [2.45, 2.75) is 38.2 Å². The molecular formula is C24H24ClF2N5O. The highest BCUT2D eigenvalue weighted by Crippen LogP contribution is 2.48. The van der Waals surface area contributed by atoms with Crippen LogP contribution in [0, 0.1) is 6.92 Å². The Balaban J connectivity index is 1.60. The van der Waals surface area contributed by atoms with Crippen LogP contribution in [-0.4, -0.2) is 27.5 Å². The third-order valence-corrected chi connectivity index (χ3v) is 5.48. The number of nitrogens with one attached hydrogen (secondary N) is 2. The second-order valence-electron chi connectivity index (χ2n) is 8.02. The van der Waals surface area contributed by atoms with Gasteiger partial charge in [0.15, 0.2) is 6.61 Å². The van der Waals surface area contributed by atoms with Gasteiger partial charge in [0.05, 0.1) is 5.54 Å². The quantitative estimate of drug-likeness (QED) is 0.358. The largest absolute Gasteiger partial charge is 0.457 e. The zero-order valence-corrected chi connectivity index (χ0v) is 19.0. The topological polar surface area (TPSA) is 72.0 Å². The van der Waals surface area contributed by atoms with Gasteiger partial charge in [-0.25, -0.2) is 0 Å². The summed E-state index contributed by atoms with van der Waals surface area (Å²) in [6.45, 7) is 2.62. The van der Waals surface area contributed by atoms with Gasteiger partial charge in [0.1, 0.15) is 0 Å². The van der Waals surface area contributed by atoms with Crippen LogP contribution in [0.15, 0.2) is 60.7 Å². The monoisotopic (exact) mass is 471 g/mol. The van der Waals surface area contributed by atoms with E-state index >= 15 is 0 Å². The van der Waals surface area contributed by atoms with Crippen molar-refractivity contribution in [1.82, 2.24) is 15.0 Å². The molecule has 4 rings (SSSR count). The molecule has 0 amide bonds. The van der Waals surface area contributed by atoms with Crippen molar-refractivity contribution >= 4 is 29.2 Å². The number of anilines is 3. The average Bonchev–Trinajstić information content (AvgIpc) is 3.55. The molecule has 9 heteroatoms. The van der Waals surface area contributed by atoms with Gasteiger partial charge < -0.3 is 15.4 Å². The number of ether oxygens (including phenoxy) is 1. The molecule has 2 N–H and O–H groups in total. The third-order valence-electron chi connectivity index (χ3n) is 5.22. The molecule has 0 radical (unpaired) electrons. The molecule has 0 atom stereocenters. The highest BCUT2D eigenvalue weighted by atomic mass is 35.5. The molecule has 1 saturated carbocycles. The summed E-state index contributed by atoms with van der Waals surface area (Å²) in [6.07, 6.45) is 3.79. The van der Waals surface area contributed by atoms with Gasteiger partial charge in [0.2, 0.25) is 11.9 Å². The van der Waals surface area contributed by atoms with E-state index in [0.29, 0.717) is 5.02 Å². The Morgan fingerprint density at radius 1 is 1.03 bits per heavy atom. The van der Waals surface area contributed by atoms with Crippen molar-refractivity contribution in [3.63, 3.8) is 0 Å². The van der Waals surface area contributed by atoms with Crippen molar-refractivity contribution in [1.29, 1.82) is 0 Å². The van der Waals surface area contributed by atoms with E-state index in [0.717, 1.165) is 35.7 Å². The fourth-order valence-corrected chi connectivity index (χ4v) is 3.47. The van der Waals surface area contributed by atoms with Gasteiger partial charge in [-0.05, 0) is 62.6 Å². The fraction of sp³-hybridized carbons (Fsp3) is 0.292. The molecule has 3 aromatic rings. The molecule has 172 valence electrons. The van der Waals surface area contributed by atoms with Gasteiger partial charge in [-0.2, -0.15) is 23.7 Å². The highest BCUT2D eigenvalue weighted by Gasteiger charge is 2.45.